The summed E-state index contributed by atoms with van der Waals surface area (Å²) in [4.78, 5) is 12.3. The van der Waals surface area contributed by atoms with Crippen molar-refractivity contribution in [3.05, 3.63) is 58.9 Å². The number of amides is 1. The van der Waals surface area contributed by atoms with Crippen molar-refractivity contribution in [1.29, 1.82) is 0 Å². The molecule has 4 rings (SSSR count). The van der Waals surface area contributed by atoms with Crippen LogP contribution in [0.5, 0.6) is 5.75 Å². The van der Waals surface area contributed by atoms with Crippen LogP contribution in [0.2, 0.25) is 5.02 Å². The Kier molecular flexibility index (Phi) is 4.37. The van der Waals surface area contributed by atoms with Crippen LogP contribution in [0.15, 0.2) is 47.4 Å². The van der Waals surface area contributed by atoms with Crippen molar-refractivity contribution in [2.24, 2.45) is 0 Å². The van der Waals surface area contributed by atoms with E-state index in [2.05, 4.69) is 5.32 Å². The predicted octanol–water partition coefficient (Wildman–Crippen LogP) is 2.78. The summed E-state index contributed by atoms with van der Waals surface area (Å²) in [6.45, 7) is 0.305. The van der Waals surface area contributed by atoms with E-state index >= 15 is 0 Å². The summed E-state index contributed by atoms with van der Waals surface area (Å²) in [6, 6.07) is 10.3. The van der Waals surface area contributed by atoms with E-state index in [1.165, 1.54) is 10.4 Å². The summed E-state index contributed by atoms with van der Waals surface area (Å²) in [7, 11) is -3.82. The Morgan fingerprint density at radius 2 is 1.85 bits per heavy atom. The van der Waals surface area contributed by atoms with Gasteiger partial charge in [0.25, 0.3) is 5.91 Å². The number of para-hydroxylation sites is 1. The van der Waals surface area contributed by atoms with Gasteiger partial charge in [-0.15, -0.1) is 0 Å². The van der Waals surface area contributed by atoms with E-state index in [-0.39, 0.29) is 28.9 Å². The lowest BCUT2D eigenvalue weighted by Gasteiger charge is -2.44. The molecule has 1 saturated heterocycles. The van der Waals surface area contributed by atoms with Crippen LogP contribution in [0.4, 0.5) is 4.39 Å². The summed E-state index contributed by atoms with van der Waals surface area (Å²) in [5, 5.41) is 2.62. The average molecular weight is 411 g/mol. The Balaban J connectivity index is 1.54. The molecule has 2 aliphatic heterocycles. The van der Waals surface area contributed by atoms with Crippen LogP contribution >= 0.6 is 11.6 Å². The lowest BCUT2D eigenvalue weighted by molar-refractivity contribution is -0.0155. The highest BCUT2D eigenvalue weighted by atomic mass is 35.5. The van der Waals surface area contributed by atoms with Crippen molar-refractivity contribution in [1.82, 2.24) is 9.62 Å². The fraction of sp³-hybridized carbons (Fsp3) is 0.278. The molecule has 1 N–H and O–H groups in total. The standard InChI is InChI=1S/C18H16ClFN2O4S/c19-14-11-12(5-6-15(14)20)27(24,25)22-9-7-18(8-10-22)21-17(23)13-3-1-2-4-16(13)26-18/h1-6,11H,7-10H2,(H,21,23). The van der Waals surface area contributed by atoms with Crippen molar-refractivity contribution >= 4 is 27.5 Å². The second-order valence-corrected chi connectivity index (χ2v) is 8.87. The second-order valence-electron chi connectivity index (χ2n) is 6.53. The fourth-order valence-electron chi connectivity index (χ4n) is 3.35. The van der Waals surface area contributed by atoms with E-state index in [1.54, 1.807) is 24.3 Å². The first kappa shape index (κ1) is 18.2. The van der Waals surface area contributed by atoms with Crippen LogP contribution in [0.25, 0.3) is 0 Å². The molecular formula is C18H16ClFN2O4S. The molecule has 142 valence electrons. The number of fused-ring (bicyclic) bond motifs is 1. The number of rotatable bonds is 2. The third-order valence-electron chi connectivity index (χ3n) is 4.84. The topological polar surface area (TPSA) is 75.7 Å². The van der Waals surface area contributed by atoms with Crippen LogP contribution in [-0.4, -0.2) is 37.4 Å². The van der Waals surface area contributed by atoms with Crippen LogP contribution in [0, 0.1) is 5.82 Å². The third kappa shape index (κ3) is 3.18. The number of ether oxygens (including phenoxy) is 1. The number of nitrogens with zero attached hydrogens (tertiary/aromatic N) is 1. The molecule has 1 spiro atoms. The molecule has 0 radical (unpaired) electrons. The van der Waals surface area contributed by atoms with Crippen molar-refractivity contribution in [3.8, 4) is 5.75 Å². The number of benzene rings is 2. The van der Waals surface area contributed by atoms with E-state index in [0.717, 1.165) is 12.1 Å². The van der Waals surface area contributed by atoms with Crippen LogP contribution in [0.1, 0.15) is 23.2 Å². The fourth-order valence-corrected chi connectivity index (χ4v) is 5.07. The minimum absolute atomic E-state index is 0.0659. The van der Waals surface area contributed by atoms with E-state index in [1.807, 2.05) is 0 Å². The number of piperidine rings is 1. The molecule has 2 aromatic rings. The van der Waals surface area contributed by atoms with Gasteiger partial charge >= 0.3 is 0 Å². The van der Waals surface area contributed by atoms with E-state index in [4.69, 9.17) is 16.3 Å². The first-order valence-corrected chi connectivity index (χ1v) is 10.2. The average Bonchev–Trinajstić information content (AvgIpc) is 2.64. The largest absolute Gasteiger partial charge is 0.467 e. The maximum atomic E-state index is 13.3. The smallest absolute Gasteiger partial charge is 0.258 e. The minimum atomic E-state index is -3.82. The van der Waals surface area contributed by atoms with Crippen LogP contribution < -0.4 is 10.1 Å². The maximum Gasteiger partial charge on any atom is 0.258 e. The molecule has 0 aromatic heterocycles. The van der Waals surface area contributed by atoms with Gasteiger partial charge in [-0.25, -0.2) is 12.8 Å². The second kappa shape index (κ2) is 6.47. The van der Waals surface area contributed by atoms with Crippen molar-refractivity contribution in [2.45, 2.75) is 23.5 Å². The lowest BCUT2D eigenvalue weighted by Crippen LogP contribution is -2.61. The molecule has 0 saturated carbocycles. The number of hydrogen-bond donors (Lipinski definition) is 1. The quantitative estimate of drug-likeness (QED) is 0.826. The molecule has 0 unspecified atom stereocenters. The van der Waals surface area contributed by atoms with Gasteiger partial charge in [-0.2, -0.15) is 4.31 Å². The Morgan fingerprint density at radius 1 is 1.15 bits per heavy atom. The normalized spacial score (nSPS) is 19.3. The van der Waals surface area contributed by atoms with Gasteiger partial charge in [0.05, 0.1) is 15.5 Å². The Labute approximate surface area is 160 Å². The lowest BCUT2D eigenvalue weighted by atomic mass is 9.98. The molecule has 0 aliphatic carbocycles. The first-order valence-electron chi connectivity index (χ1n) is 8.37. The van der Waals surface area contributed by atoms with Gasteiger partial charge in [0.2, 0.25) is 10.0 Å². The van der Waals surface area contributed by atoms with Crippen LogP contribution in [-0.2, 0) is 10.0 Å². The molecule has 0 atom stereocenters. The molecule has 0 bridgehead atoms. The molecule has 9 heteroatoms. The zero-order valence-corrected chi connectivity index (χ0v) is 15.7. The molecule has 2 aliphatic rings. The van der Waals surface area contributed by atoms with Gasteiger partial charge < -0.3 is 10.1 Å². The van der Waals surface area contributed by atoms with Gasteiger partial charge in [-0.05, 0) is 30.3 Å². The van der Waals surface area contributed by atoms with Gasteiger partial charge in [0.1, 0.15) is 11.6 Å². The number of carbonyl (C=O) groups is 1. The molecule has 2 heterocycles. The SMILES string of the molecule is O=C1NC2(CCN(S(=O)(=O)c3ccc(F)c(Cl)c3)CC2)Oc2ccccc21. The van der Waals surface area contributed by atoms with Gasteiger partial charge in [-0.1, -0.05) is 23.7 Å². The van der Waals surface area contributed by atoms with Crippen molar-refractivity contribution < 1.29 is 22.3 Å². The summed E-state index contributed by atoms with van der Waals surface area (Å²) in [5.74, 6) is -0.424. The number of sulfonamides is 1. The van der Waals surface area contributed by atoms with E-state index < -0.39 is 21.6 Å². The summed E-state index contributed by atoms with van der Waals surface area (Å²) >= 11 is 5.71. The molecule has 1 fully saturated rings. The molecular weight excluding hydrogens is 395 g/mol. The van der Waals surface area contributed by atoms with E-state index in [0.29, 0.717) is 24.2 Å². The number of carbonyl (C=O) groups excluding carboxylic acids is 1. The van der Waals surface area contributed by atoms with Gasteiger partial charge in [0.15, 0.2) is 5.72 Å². The van der Waals surface area contributed by atoms with Crippen molar-refractivity contribution in [2.75, 3.05) is 13.1 Å². The highest BCUT2D eigenvalue weighted by Crippen LogP contribution is 2.35. The van der Waals surface area contributed by atoms with Crippen LogP contribution in [0.3, 0.4) is 0 Å². The number of hydrogen-bond acceptors (Lipinski definition) is 4. The van der Waals surface area contributed by atoms with E-state index in [9.17, 15) is 17.6 Å². The summed E-state index contributed by atoms with van der Waals surface area (Å²) < 4.78 is 46.2. The Bertz CT molecular complexity index is 1020. The Morgan fingerprint density at radius 3 is 2.56 bits per heavy atom. The number of halogens is 2. The predicted molar refractivity (Wildman–Crippen MR) is 96.7 cm³/mol. The monoisotopic (exact) mass is 410 g/mol. The summed E-state index contributed by atoms with van der Waals surface area (Å²) in [6.07, 6.45) is 0.586. The van der Waals surface area contributed by atoms with Gasteiger partial charge in [-0.3, -0.25) is 4.79 Å². The van der Waals surface area contributed by atoms with Gasteiger partial charge in [0, 0.05) is 25.9 Å². The van der Waals surface area contributed by atoms with Crippen molar-refractivity contribution in [3.63, 3.8) is 0 Å². The summed E-state index contributed by atoms with van der Waals surface area (Å²) in [5.41, 5.74) is -0.475. The highest BCUT2D eigenvalue weighted by molar-refractivity contribution is 7.89. The maximum absolute atomic E-state index is 13.3. The minimum Gasteiger partial charge on any atom is -0.467 e. The molecule has 1 amide bonds. The first-order chi connectivity index (χ1) is 12.8. The molecule has 6 nitrogen and oxygen atoms in total. The Hall–Kier alpha value is -2.16. The number of nitrogens with one attached hydrogen (secondary N) is 1. The molecule has 2 aromatic carbocycles. The third-order valence-corrected chi connectivity index (χ3v) is 7.02. The molecule has 27 heavy (non-hydrogen) atoms. The zero-order chi connectivity index (χ0) is 19.2. The highest BCUT2D eigenvalue weighted by Gasteiger charge is 2.44. The zero-order valence-electron chi connectivity index (χ0n) is 14.1.